The minimum atomic E-state index is -3.99. The number of aliphatic imine (C=N–C) groups is 1. The molecule has 0 aliphatic rings. The van der Waals surface area contributed by atoms with E-state index in [0.717, 1.165) is 10.1 Å². The van der Waals surface area contributed by atoms with Gasteiger partial charge in [0.05, 0.1) is 23.3 Å². The Morgan fingerprint density at radius 1 is 1.13 bits per heavy atom. The van der Waals surface area contributed by atoms with Crippen LogP contribution in [-0.4, -0.2) is 41.4 Å². The third kappa shape index (κ3) is 5.94. The van der Waals surface area contributed by atoms with Crippen LogP contribution in [0.15, 0.2) is 81.7 Å². The van der Waals surface area contributed by atoms with Crippen molar-refractivity contribution in [3.63, 3.8) is 0 Å². The predicted molar refractivity (Wildman–Crippen MR) is 145 cm³/mol. The van der Waals surface area contributed by atoms with Gasteiger partial charge in [-0.25, -0.2) is 18.4 Å². The Bertz CT molecular complexity index is 1730. The summed E-state index contributed by atoms with van der Waals surface area (Å²) in [7, 11) is -2.64. The molecule has 0 aliphatic heterocycles. The van der Waals surface area contributed by atoms with Crippen LogP contribution >= 0.6 is 0 Å². The van der Waals surface area contributed by atoms with E-state index in [1.54, 1.807) is 6.92 Å². The highest BCUT2D eigenvalue weighted by atomic mass is 32.2. The van der Waals surface area contributed by atoms with Gasteiger partial charge in [0.2, 0.25) is 11.7 Å². The molecule has 12 heteroatoms. The molecule has 39 heavy (non-hydrogen) atoms. The van der Waals surface area contributed by atoms with Crippen LogP contribution in [0.1, 0.15) is 22.3 Å². The molecule has 2 heterocycles. The van der Waals surface area contributed by atoms with E-state index < -0.39 is 15.6 Å². The maximum Gasteiger partial charge on any atom is 0.271 e. The first-order valence-electron chi connectivity index (χ1n) is 11.7. The quantitative estimate of drug-likeness (QED) is 0.304. The van der Waals surface area contributed by atoms with Crippen molar-refractivity contribution >= 4 is 27.7 Å². The lowest BCUT2D eigenvalue weighted by Crippen LogP contribution is -2.26. The lowest BCUT2D eigenvalue weighted by molar-refractivity contribution is 0.398. The number of anilines is 1. The van der Waals surface area contributed by atoms with Crippen molar-refractivity contribution in [1.29, 1.82) is 5.26 Å². The zero-order valence-corrected chi connectivity index (χ0v) is 21.9. The Morgan fingerprint density at radius 2 is 1.82 bits per heavy atom. The SMILES string of the molecule is COc1nccnc1NS(=O)(=O)c1ccc(N=Cc2c(C)c(C#N)c(=O)n(CCc3ccccc3)c2O)cc1. The zero-order valence-electron chi connectivity index (χ0n) is 21.1. The van der Waals surface area contributed by atoms with Gasteiger partial charge in [-0.1, -0.05) is 30.3 Å². The van der Waals surface area contributed by atoms with Crippen LogP contribution in [0.2, 0.25) is 0 Å². The number of nitrogens with zero attached hydrogens (tertiary/aromatic N) is 5. The highest BCUT2D eigenvalue weighted by Crippen LogP contribution is 2.24. The number of rotatable bonds is 9. The number of methoxy groups -OCH3 is 1. The number of nitriles is 1. The standard InChI is InChI=1S/C27H24N6O5S/c1-18-22(16-28)26(34)33(15-12-19-6-4-3-5-7-19)27(35)23(18)17-31-20-8-10-21(11-9-20)39(36,37)32-24-25(38-2)30-14-13-29-24/h3-11,13-14,17,35H,12,15H2,1-2H3,(H,29,32). The molecular formula is C27H24N6O5S. The van der Waals surface area contributed by atoms with Crippen molar-refractivity contribution in [1.82, 2.24) is 14.5 Å². The van der Waals surface area contributed by atoms with Crippen molar-refractivity contribution in [3.05, 3.63) is 99.6 Å². The molecule has 4 rings (SSSR count). The molecule has 0 atom stereocenters. The molecule has 2 aromatic carbocycles. The summed E-state index contributed by atoms with van der Waals surface area (Å²) in [6.07, 6.45) is 4.52. The van der Waals surface area contributed by atoms with Crippen LogP contribution in [0.3, 0.4) is 0 Å². The third-order valence-electron chi connectivity index (χ3n) is 5.89. The smallest absolute Gasteiger partial charge is 0.271 e. The average molecular weight is 545 g/mol. The maximum atomic E-state index is 12.8. The number of ether oxygens (including phenoxy) is 1. The minimum Gasteiger partial charge on any atom is -0.494 e. The van der Waals surface area contributed by atoms with Gasteiger partial charge in [-0.3, -0.25) is 19.1 Å². The second kappa shape index (κ2) is 11.6. The van der Waals surface area contributed by atoms with Crippen molar-refractivity contribution < 1.29 is 18.3 Å². The van der Waals surface area contributed by atoms with Crippen molar-refractivity contribution in [2.75, 3.05) is 11.8 Å². The van der Waals surface area contributed by atoms with E-state index in [1.807, 2.05) is 36.4 Å². The summed E-state index contributed by atoms with van der Waals surface area (Å²) in [6, 6.07) is 17.0. The Morgan fingerprint density at radius 3 is 2.49 bits per heavy atom. The molecule has 0 spiro atoms. The molecule has 11 nitrogen and oxygen atoms in total. The van der Waals surface area contributed by atoms with Gasteiger partial charge >= 0.3 is 0 Å². The predicted octanol–water partition coefficient (Wildman–Crippen LogP) is 3.33. The first-order chi connectivity index (χ1) is 18.7. The summed E-state index contributed by atoms with van der Waals surface area (Å²) < 4.78 is 34.1. The van der Waals surface area contributed by atoms with E-state index >= 15 is 0 Å². The summed E-state index contributed by atoms with van der Waals surface area (Å²) >= 11 is 0. The van der Waals surface area contributed by atoms with Gasteiger partial charge in [-0.15, -0.1) is 0 Å². The second-order valence-corrected chi connectivity index (χ2v) is 10.00. The molecule has 0 bridgehead atoms. The molecule has 0 radical (unpaired) electrons. The topological polar surface area (TPSA) is 160 Å². The van der Waals surface area contributed by atoms with Crippen LogP contribution in [0.5, 0.6) is 11.8 Å². The van der Waals surface area contributed by atoms with Crippen molar-refractivity contribution in [2.45, 2.75) is 24.8 Å². The minimum absolute atomic E-state index is 0.0271. The van der Waals surface area contributed by atoms with Gasteiger partial charge in [-0.2, -0.15) is 5.26 Å². The Labute approximate surface area is 224 Å². The fourth-order valence-corrected chi connectivity index (χ4v) is 4.81. The first-order valence-corrected chi connectivity index (χ1v) is 13.2. The number of pyridine rings is 1. The molecule has 0 unspecified atom stereocenters. The van der Waals surface area contributed by atoms with Gasteiger partial charge in [0.15, 0.2) is 0 Å². The van der Waals surface area contributed by atoms with Gasteiger partial charge in [0.1, 0.15) is 11.6 Å². The number of hydrogen-bond acceptors (Lipinski definition) is 9. The second-order valence-electron chi connectivity index (χ2n) is 8.31. The van der Waals surface area contributed by atoms with Crippen LogP contribution in [0, 0.1) is 18.3 Å². The molecule has 198 valence electrons. The Balaban J connectivity index is 1.60. The van der Waals surface area contributed by atoms with Crippen molar-refractivity contribution in [3.8, 4) is 17.8 Å². The van der Waals surface area contributed by atoms with Gasteiger partial charge in [0, 0.05) is 25.2 Å². The Kier molecular flexibility index (Phi) is 8.02. The summed E-state index contributed by atoms with van der Waals surface area (Å²) in [5, 5.41) is 20.5. The fraction of sp³-hybridized carbons (Fsp3) is 0.148. The first kappa shape index (κ1) is 27.0. The largest absolute Gasteiger partial charge is 0.494 e. The van der Waals surface area contributed by atoms with Crippen molar-refractivity contribution in [2.24, 2.45) is 4.99 Å². The number of benzene rings is 2. The summed E-state index contributed by atoms with van der Waals surface area (Å²) in [4.78, 5) is 25.0. The maximum absolute atomic E-state index is 12.8. The van der Waals surface area contributed by atoms with E-state index in [9.17, 15) is 23.6 Å². The number of nitrogens with one attached hydrogen (secondary N) is 1. The molecule has 4 aromatic rings. The zero-order chi connectivity index (χ0) is 28.0. The average Bonchev–Trinajstić information content (AvgIpc) is 2.94. The lowest BCUT2D eigenvalue weighted by atomic mass is 10.1. The monoisotopic (exact) mass is 544 g/mol. The summed E-state index contributed by atoms with van der Waals surface area (Å²) in [6.45, 7) is 1.73. The lowest BCUT2D eigenvalue weighted by Gasteiger charge is -2.14. The van der Waals surface area contributed by atoms with E-state index in [2.05, 4.69) is 19.7 Å². The fourth-order valence-electron chi connectivity index (χ4n) is 3.80. The van der Waals surface area contributed by atoms with Gasteiger partial charge in [0.25, 0.3) is 21.5 Å². The molecule has 0 aliphatic carbocycles. The summed E-state index contributed by atoms with van der Waals surface area (Å²) in [5.74, 6) is -0.333. The molecule has 2 N–H and O–H groups in total. The van der Waals surface area contributed by atoms with Crippen LogP contribution in [0.25, 0.3) is 0 Å². The van der Waals surface area contributed by atoms with Crippen LogP contribution in [0.4, 0.5) is 11.5 Å². The normalized spacial score (nSPS) is 11.3. The highest BCUT2D eigenvalue weighted by Gasteiger charge is 2.19. The van der Waals surface area contributed by atoms with E-state index in [0.29, 0.717) is 17.7 Å². The number of aromatic nitrogens is 3. The van der Waals surface area contributed by atoms with E-state index in [4.69, 9.17) is 4.74 Å². The number of aryl methyl sites for hydroxylation is 1. The third-order valence-corrected chi connectivity index (χ3v) is 7.25. The van der Waals surface area contributed by atoms with E-state index in [-0.39, 0.29) is 40.1 Å². The molecule has 0 fully saturated rings. The Hall–Kier alpha value is -5.02. The number of aromatic hydroxyl groups is 1. The molecular weight excluding hydrogens is 520 g/mol. The molecule has 0 saturated heterocycles. The van der Waals surface area contributed by atoms with Crippen LogP contribution < -0.4 is 15.0 Å². The molecule has 0 saturated carbocycles. The van der Waals surface area contributed by atoms with E-state index in [1.165, 1.54) is 50.0 Å². The van der Waals surface area contributed by atoms with Crippen LogP contribution in [-0.2, 0) is 23.0 Å². The number of hydrogen-bond donors (Lipinski definition) is 2. The highest BCUT2D eigenvalue weighted by molar-refractivity contribution is 7.92. The summed E-state index contributed by atoms with van der Waals surface area (Å²) in [5.41, 5.74) is 1.19. The number of sulfonamides is 1. The van der Waals surface area contributed by atoms with Gasteiger partial charge < -0.3 is 9.84 Å². The molecule has 2 aromatic heterocycles. The molecule has 0 amide bonds. The van der Waals surface area contributed by atoms with Gasteiger partial charge in [-0.05, 0) is 48.7 Å².